The van der Waals surface area contributed by atoms with Gasteiger partial charge in [-0.3, -0.25) is 9.78 Å². The highest BCUT2D eigenvalue weighted by Gasteiger charge is 2.27. The Labute approximate surface area is 127 Å². The van der Waals surface area contributed by atoms with E-state index in [0.29, 0.717) is 11.6 Å². The average Bonchev–Trinajstić information content (AvgIpc) is 3.00. The molecule has 0 radical (unpaired) electrons. The van der Waals surface area contributed by atoms with Gasteiger partial charge in [-0.05, 0) is 39.2 Å². The first-order valence-corrected chi connectivity index (χ1v) is 8.18. The van der Waals surface area contributed by atoms with Crippen LogP contribution in [-0.2, 0) is 0 Å². The maximum Gasteiger partial charge on any atom is 0.257 e. The zero-order valence-corrected chi connectivity index (χ0v) is 13.5. The maximum atomic E-state index is 12.9. The largest absolute Gasteiger partial charge is 0.384 e. The van der Waals surface area contributed by atoms with Crippen molar-refractivity contribution in [3.05, 3.63) is 23.5 Å². The summed E-state index contributed by atoms with van der Waals surface area (Å²) < 4.78 is 0. The van der Waals surface area contributed by atoms with Crippen molar-refractivity contribution < 1.29 is 4.79 Å². The normalized spacial score (nSPS) is 15.2. The highest BCUT2D eigenvalue weighted by Crippen LogP contribution is 2.26. The second-order valence-corrected chi connectivity index (χ2v) is 5.83. The molecule has 1 fully saturated rings. The van der Waals surface area contributed by atoms with Gasteiger partial charge in [0.2, 0.25) is 0 Å². The van der Waals surface area contributed by atoms with Gasteiger partial charge < -0.3 is 10.2 Å². The third kappa shape index (κ3) is 3.74. The van der Waals surface area contributed by atoms with Crippen molar-refractivity contribution in [3.63, 3.8) is 0 Å². The van der Waals surface area contributed by atoms with Crippen LogP contribution in [0.4, 0.5) is 5.69 Å². The molecule has 0 atom stereocenters. The minimum atomic E-state index is 0.121. The Morgan fingerprint density at radius 1 is 1.38 bits per heavy atom. The monoisotopic (exact) mass is 289 g/mol. The van der Waals surface area contributed by atoms with Crippen molar-refractivity contribution in [2.75, 3.05) is 18.4 Å². The zero-order valence-electron chi connectivity index (χ0n) is 13.5. The van der Waals surface area contributed by atoms with Crippen LogP contribution in [0.5, 0.6) is 0 Å². The lowest BCUT2D eigenvalue weighted by molar-refractivity contribution is 0.0694. The Morgan fingerprint density at radius 3 is 2.71 bits per heavy atom. The highest BCUT2D eigenvalue weighted by molar-refractivity contribution is 5.99. The molecule has 1 aliphatic carbocycles. The van der Waals surface area contributed by atoms with E-state index in [-0.39, 0.29) is 5.91 Å². The number of aromatic nitrogens is 1. The molecule has 1 N–H and O–H groups in total. The lowest BCUT2D eigenvalue weighted by Gasteiger charge is -2.28. The minimum Gasteiger partial charge on any atom is -0.384 e. The van der Waals surface area contributed by atoms with Crippen LogP contribution in [0, 0.1) is 6.92 Å². The van der Waals surface area contributed by atoms with E-state index >= 15 is 0 Å². The van der Waals surface area contributed by atoms with E-state index in [1.165, 1.54) is 12.8 Å². The third-order valence-electron chi connectivity index (χ3n) is 4.20. The standard InChI is InChI=1S/C17H27N3O/c1-4-10-18-16-11-13(3)19-12-15(16)17(21)20(5-2)14-8-6-7-9-14/h11-12,14H,4-10H2,1-3H3,(H,18,19). The number of rotatable bonds is 6. The van der Waals surface area contributed by atoms with Gasteiger partial charge in [-0.1, -0.05) is 19.8 Å². The fraction of sp³-hybridized carbons (Fsp3) is 0.647. The molecule has 1 heterocycles. The van der Waals surface area contributed by atoms with Gasteiger partial charge in [-0.2, -0.15) is 0 Å². The lowest BCUT2D eigenvalue weighted by atomic mass is 10.1. The topological polar surface area (TPSA) is 45.2 Å². The van der Waals surface area contributed by atoms with Gasteiger partial charge in [0.05, 0.1) is 11.3 Å². The quantitative estimate of drug-likeness (QED) is 0.870. The van der Waals surface area contributed by atoms with E-state index < -0.39 is 0 Å². The van der Waals surface area contributed by atoms with Crippen LogP contribution < -0.4 is 5.32 Å². The molecular weight excluding hydrogens is 262 g/mol. The van der Waals surface area contributed by atoms with E-state index in [1.807, 2.05) is 17.9 Å². The lowest BCUT2D eigenvalue weighted by Crippen LogP contribution is -2.39. The number of hydrogen-bond donors (Lipinski definition) is 1. The van der Waals surface area contributed by atoms with Crippen molar-refractivity contribution in [3.8, 4) is 0 Å². The molecular formula is C17H27N3O. The second kappa shape index (κ2) is 7.43. The summed E-state index contributed by atoms with van der Waals surface area (Å²) in [6.45, 7) is 7.79. The van der Waals surface area contributed by atoms with E-state index in [2.05, 4.69) is 24.1 Å². The minimum absolute atomic E-state index is 0.121. The molecule has 1 aromatic rings. The molecule has 4 nitrogen and oxygen atoms in total. The van der Waals surface area contributed by atoms with Gasteiger partial charge in [0, 0.05) is 31.0 Å². The SMILES string of the molecule is CCCNc1cc(C)ncc1C(=O)N(CC)C1CCCC1. The molecule has 0 bridgehead atoms. The van der Waals surface area contributed by atoms with E-state index in [0.717, 1.165) is 43.7 Å². The number of nitrogens with zero attached hydrogens (tertiary/aromatic N) is 2. The Morgan fingerprint density at radius 2 is 2.10 bits per heavy atom. The maximum absolute atomic E-state index is 12.9. The molecule has 0 saturated heterocycles. The number of carbonyl (C=O) groups is 1. The van der Waals surface area contributed by atoms with Gasteiger partial charge in [-0.15, -0.1) is 0 Å². The summed E-state index contributed by atoms with van der Waals surface area (Å²) in [6.07, 6.45) is 7.51. The first-order valence-electron chi connectivity index (χ1n) is 8.18. The number of hydrogen-bond acceptors (Lipinski definition) is 3. The molecule has 116 valence electrons. The summed E-state index contributed by atoms with van der Waals surface area (Å²) >= 11 is 0. The fourth-order valence-corrected chi connectivity index (χ4v) is 3.07. The molecule has 1 aliphatic rings. The van der Waals surface area contributed by atoms with Crippen molar-refractivity contribution in [2.24, 2.45) is 0 Å². The van der Waals surface area contributed by atoms with E-state index in [9.17, 15) is 4.79 Å². The smallest absolute Gasteiger partial charge is 0.257 e. The van der Waals surface area contributed by atoms with Crippen LogP contribution in [0.15, 0.2) is 12.3 Å². The molecule has 1 amide bonds. The summed E-state index contributed by atoms with van der Waals surface area (Å²) in [4.78, 5) is 19.3. The summed E-state index contributed by atoms with van der Waals surface area (Å²) in [7, 11) is 0. The van der Waals surface area contributed by atoms with Crippen LogP contribution >= 0.6 is 0 Å². The molecule has 2 rings (SSSR count). The number of amides is 1. The van der Waals surface area contributed by atoms with Crippen molar-refractivity contribution in [1.82, 2.24) is 9.88 Å². The van der Waals surface area contributed by atoms with Crippen molar-refractivity contribution in [1.29, 1.82) is 0 Å². The Hall–Kier alpha value is -1.58. The first-order chi connectivity index (χ1) is 10.2. The highest BCUT2D eigenvalue weighted by atomic mass is 16.2. The van der Waals surface area contributed by atoms with Crippen LogP contribution in [0.25, 0.3) is 0 Å². The van der Waals surface area contributed by atoms with Gasteiger partial charge in [0.15, 0.2) is 0 Å². The fourth-order valence-electron chi connectivity index (χ4n) is 3.07. The molecule has 4 heteroatoms. The average molecular weight is 289 g/mol. The summed E-state index contributed by atoms with van der Waals surface area (Å²) in [5.74, 6) is 0.121. The van der Waals surface area contributed by atoms with Crippen LogP contribution in [0.2, 0.25) is 0 Å². The predicted octanol–water partition coefficient (Wildman–Crippen LogP) is 3.62. The van der Waals surface area contributed by atoms with Crippen molar-refractivity contribution >= 4 is 11.6 Å². The second-order valence-electron chi connectivity index (χ2n) is 5.83. The van der Waals surface area contributed by atoms with Crippen LogP contribution in [0.3, 0.4) is 0 Å². The Bertz CT molecular complexity index is 481. The molecule has 1 aromatic heterocycles. The molecule has 0 unspecified atom stereocenters. The molecule has 0 aliphatic heterocycles. The number of anilines is 1. The molecule has 1 saturated carbocycles. The number of nitrogens with one attached hydrogen (secondary N) is 1. The number of carbonyl (C=O) groups excluding carboxylic acids is 1. The van der Waals surface area contributed by atoms with Gasteiger partial charge in [0.1, 0.15) is 0 Å². The summed E-state index contributed by atoms with van der Waals surface area (Å²) in [6, 6.07) is 2.38. The predicted molar refractivity (Wildman–Crippen MR) is 86.7 cm³/mol. The van der Waals surface area contributed by atoms with Crippen LogP contribution in [0.1, 0.15) is 62.0 Å². The summed E-state index contributed by atoms with van der Waals surface area (Å²) in [5, 5.41) is 3.37. The summed E-state index contributed by atoms with van der Waals surface area (Å²) in [5.41, 5.74) is 2.57. The number of pyridine rings is 1. The zero-order chi connectivity index (χ0) is 15.2. The molecule has 0 spiro atoms. The van der Waals surface area contributed by atoms with Gasteiger partial charge >= 0.3 is 0 Å². The first kappa shape index (κ1) is 15.8. The van der Waals surface area contributed by atoms with Gasteiger partial charge in [-0.25, -0.2) is 0 Å². The molecule has 0 aromatic carbocycles. The third-order valence-corrected chi connectivity index (χ3v) is 4.20. The van der Waals surface area contributed by atoms with Gasteiger partial charge in [0.25, 0.3) is 5.91 Å². The number of aryl methyl sites for hydroxylation is 1. The van der Waals surface area contributed by atoms with E-state index in [1.54, 1.807) is 6.20 Å². The van der Waals surface area contributed by atoms with E-state index in [4.69, 9.17) is 0 Å². The molecule has 21 heavy (non-hydrogen) atoms. The Balaban J connectivity index is 2.23. The Kier molecular flexibility index (Phi) is 5.59. The van der Waals surface area contributed by atoms with Crippen molar-refractivity contribution in [2.45, 2.75) is 58.9 Å². The van der Waals surface area contributed by atoms with Crippen LogP contribution in [-0.4, -0.2) is 34.9 Å².